The second-order valence-corrected chi connectivity index (χ2v) is 6.99. The Morgan fingerprint density at radius 1 is 1.12 bits per heavy atom. The molecule has 25 heavy (non-hydrogen) atoms. The van der Waals surface area contributed by atoms with Crippen molar-refractivity contribution in [3.8, 4) is 5.75 Å². The van der Waals surface area contributed by atoms with Crippen LogP contribution in [0.3, 0.4) is 0 Å². The minimum atomic E-state index is -2.78. The van der Waals surface area contributed by atoms with E-state index in [1.54, 1.807) is 12.1 Å². The van der Waals surface area contributed by atoms with E-state index in [-0.39, 0.29) is 0 Å². The zero-order valence-corrected chi connectivity index (χ0v) is 14.9. The number of hydrogen-bond donors (Lipinski definition) is 0. The lowest BCUT2D eigenvalue weighted by atomic mass is 9.89. The molecule has 1 aromatic carbocycles. The van der Waals surface area contributed by atoms with E-state index in [9.17, 15) is 8.78 Å². The average molecular weight is 354 g/mol. The molecule has 1 aromatic rings. The third-order valence-electron chi connectivity index (χ3n) is 5.52. The van der Waals surface area contributed by atoms with Gasteiger partial charge in [-0.05, 0) is 44.8 Å². The van der Waals surface area contributed by atoms with Crippen LogP contribution in [0.5, 0.6) is 5.75 Å². The van der Waals surface area contributed by atoms with Gasteiger partial charge in [0.25, 0.3) is 0 Å². The van der Waals surface area contributed by atoms with Crippen molar-refractivity contribution in [3.63, 3.8) is 0 Å². The lowest BCUT2D eigenvalue weighted by Gasteiger charge is -2.41. The van der Waals surface area contributed by atoms with Gasteiger partial charge in [-0.1, -0.05) is 18.2 Å². The Morgan fingerprint density at radius 2 is 1.80 bits per heavy atom. The van der Waals surface area contributed by atoms with Crippen molar-refractivity contribution < 1.29 is 18.3 Å². The zero-order valence-electron chi connectivity index (χ0n) is 14.9. The van der Waals surface area contributed by atoms with Crippen LogP contribution in [-0.4, -0.2) is 61.8 Å². The highest BCUT2D eigenvalue weighted by Crippen LogP contribution is 2.27. The second-order valence-electron chi connectivity index (χ2n) is 6.99. The number of alkyl halides is 2. The van der Waals surface area contributed by atoms with Gasteiger partial charge in [-0.25, -0.2) is 0 Å². The van der Waals surface area contributed by atoms with Gasteiger partial charge in [-0.3, -0.25) is 9.80 Å². The van der Waals surface area contributed by atoms with E-state index in [1.807, 2.05) is 12.1 Å². The quantitative estimate of drug-likeness (QED) is 0.783. The summed E-state index contributed by atoms with van der Waals surface area (Å²) >= 11 is 0. The van der Waals surface area contributed by atoms with Gasteiger partial charge in [0, 0.05) is 31.2 Å². The smallest absolute Gasteiger partial charge is 0.387 e. The number of para-hydroxylation sites is 1. The fraction of sp³-hybridized carbons (Fsp3) is 0.684. The number of ether oxygens (including phenoxy) is 2. The number of rotatable bonds is 6. The van der Waals surface area contributed by atoms with E-state index in [0.29, 0.717) is 24.3 Å². The second kappa shape index (κ2) is 8.92. The summed E-state index contributed by atoms with van der Waals surface area (Å²) in [6, 6.07) is 7.69. The molecular weight excluding hydrogens is 326 g/mol. The summed E-state index contributed by atoms with van der Waals surface area (Å²) in [5.74, 6) is 0.989. The van der Waals surface area contributed by atoms with Crippen LogP contribution in [0.4, 0.5) is 8.78 Å². The summed E-state index contributed by atoms with van der Waals surface area (Å²) < 4.78 is 35.2. The molecule has 4 nitrogen and oxygen atoms in total. The van der Waals surface area contributed by atoms with Crippen molar-refractivity contribution in [1.82, 2.24) is 9.80 Å². The number of morpholine rings is 1. The van der Waals surface area contributed by atoms with Gasteiger partial charge < -0.3 is 9.47 Å². The molecule has 0 radical (unpaired) electrons. The fourth-order valence-corrected chi connectivity index (χ4v) is 3.96. The monoisotopic (exact) mass is 354 g/mol. The van der Waals surface area contributed by atoms with Gasteiger partial charge in [0.2, 0.25) is 0 Å². The highest BCUT2D eigenvalue weighted by Gasteiger charge is 2.28. The number of benzene rings is 1. The predicted molar refractivity (Wildman–Crippen MR) is 92.9 cm³/mol. The van der Waals surface area contributed by atoms with Crippen molar-refractivity contribution >= 4 is 0 Å². The molecule has 6 heteroatoms. The zero-order chi connectivity index (χ0) is 17.6. The minimum Gasteiger partial charge on any atom is -0.434 e. The number of halogens is 2. The van der Waals surface area contributed by atoms with E-state index < -0.39 is 6.61 Å². The number of nitrogens with zero attached hydrogens (tertiary/aromatic N) is 2. The molecule has 0 bridgehead atoms. The molecule has 1 atom stereocenters. The van der Waals surface area contributed by atoms with E-state index in [4.69, 9.17) is 4.74 Å². The predicted octanol–water partition coefficient (Wildman–Crippen LogP) is 3.22. The maximum atomic E-state index is 12.5. The van der Waals surface area contributed by atoms with E-state index in [0.717, 1.165) is 57.8 Å². The first-order chi connectivity index (χ1) is 12.1. The Kier molecular flexibility index (Phi) is 6.62. The Hall–Kier alpha value is -1.24. The first-order valence-electron chi connectivity index (χ1n) is 9.20. The summed E-state index contributed by atoms with van der Waals surface area (Å²) in [5, 5.41) is 0. The molecule has 2 aliphatic rings. The summed E-state index contributed by atoms with van der Waals surface area (Å²) in [6.07, 6.45) is 2.30. The van der Waals surface area contributed by atoms with Crippen LogP contribution in [0.25, 0.3) is 0 Å². The van der Waals surface area contributed by atoms with E-state index in [1.165, 1.54) is 0 Å². The Labute approximate surface area is 148 Å². The van der Waals surface area contributed by atoms with Crippen molar-refractivity contribution in [2.75, 3.05) is 39.4 Å². The van der Waals surface area contributed by atoms with Gasteiger partial charge >= 0.3 is 6.61 Å². The van der Waals surface area contributed by atoms with Gasteiger partial charge in [-0.2, -0.15) is 8.78 Å². The largest absolute Gasteiger partial charge is 0.434 e. The van der Waals surface area contributed by atoms with Crippen molar-refractivity contribution in [2.24, 2.45) is 5.92 Å². The van der Waals surface area contributed by atoms with Gasteiger partial charge in [0.05, 0.1) is 13.2 Å². The molecule has 0 aliphatic carbocycles. The first kappa shape index (κ1) is 18.5. The highest BCUT2D eigenvalue weighted by atomic mass is 19.3. The molecule has 0 spiro atoms. The summed E-state index contributed by atoms with van der Waals surface area (Å²) in [5.41, 5.74) is 0.836. The molecule has 2 saturated heterocycles. The van der Waals surface area contributed by atoms with E-state index >= 15 is 0 Å². The van der Waals surface area contributed by atoms with Crippen LogP contribution < -0.4 is 4.74 Å². The van der Waals surface area contributed by atoms with Crippen molar-refractivity contribution in [3.05, 3.63) is 29.8 Å². The van der Waals surface area contributed by atoms with Gasteiger partial charge in [0.1, 0.15) is 5.75 Å². The van der Waals surface area contributed by atoms with Crippen LogP contribution in [0, 0.1) is 5.92 Å². The maximum Gasteiger partial charge on any atom is 0.387 e. The maximum absolute atomic E-state index is 12.5. The Balaban J connectivity index is 1.51. The van der Waals surface area contributed by atoms with Crippen LogP contribution in [0.1, 0.15) is 25.3 Å². The van der Waals surface area contributed by atoms with Crippen LogP contribution in [-0.2, 0) is 11.3 Å². The molecule has 2 aliphatic heterocycles. The normalized spacial score (nSPS) is 22.2. The fourth-order valence-electron chi connectivity index (χ4n) is 3.96. The molecule has 0 aromatic heterocycles. The van der Waals surface area contributed by atoms with E-state index in [2.05, 4.69) is 21.5 Å². The van der Waals surface area contributed by atoms with Gasteiger partial charge in [0.15, 0.2) is 0 Å². The third-order valence-corrected chi connectivity index (χ3v) is 5.52. The van der Waals surface area contributed by atoms with Crippen LogP contribution >= 0.6 is 0 Å². The SMILES string of the molecule is C[C@@H](C1CCN(Cc2ccccc2OC(F)F)CC1)N1CCOCC1. The molecule has 0 saturated carbocycles. The summed E-state index contributed by atoms with van der Waals surface area (Å²) in [7, 11) is 0. The minimum absolute atomic E-state index is 0.293. The Bertz CT molecular complexity index is 530. The first-order valence-corrected chi connectivity index (χ1v) is 9.20. The standard InChI is InChI=1S/C19H28F2N2O2/c1-15(23-10-12-24-13-11-23)16-6-8-22(9-7-16)14-17-4-2-3-5-18(17)25-19(20)21/h2-5,15-16,19H,6-14H2,1H3/t15-/m0/s1. The summed E-state index contributed by atoms with van der Waals surface area (Å²) in [6.45, 7) is 5.96. The third kappa shape index (κ3) is 5.12. The number of hydrogen-bond acceptors (Lipinski definition) is 4. The van der Waals surface area contributed by atoms with Crippen molar-refractivity contribution in [2.45, 2.75) is 39.0 Å². The molecule has 0 amide bonds. The number of likely N-dealkylation sites (tertiary alicyclic amines) is 1. The lowest BCUT2D eigenvalue weighted by molar-refractivity contribution is -0.0509. The Morgan fingerprint density at radius 3 is 2.48 bits per heavy atom. The van der Waals surface area contributed by atoms with Crippen molar-refractivity contribution in [1.29, 1.82) is 0 Å². The molecule has 0 unspecified atom stereocenters. The molecule has 2 fully saturated rings. The molecule has 2 heterocycles. The van der Waals surface area contributed by atoms with Crippen LogP contribution in [0.2, 0.25) is 0 Å². The lowest BCUT2D eigenvalue weighted by Crippen LogP contribution is -2.48. The highest BCUT2D eigenvalue weighted by molar-refractivity contribution is 5.33. The molecular formula is C19H28F2N2O2. The average Bonchev–Trinajstić information content (AvgIpc) is 2.64. The molecule has 3 rings (SSSR count). The molecule has 0 N–H and O–H groups in total. The number of piperidine rings is 1. The molecule has 140 valence electrons. The van der Waals surface area contributed by atoms with Crippen LogP contribution in [0.15, 0.2) is 24.3 Å². The van der Waals surface area contributed by atoms with Gasteiger partial charge in [-0.15, -0.1) is 0 Å². The topological polar surface area (TPSA) is 24.9 Å². The summed E-state index contributed by atoms with van der Waals surface area (Å²) in [4.78, 5) is 4.88.